The zero-order valence-corrected chi connectivity index (χ0v) is 12.2. The quantitative estimate of drug-likeness (QED) is 0.945. The molecule has 1 aromatic carbocycles. The van der Waals surface area contributed by atoms with Crippen molar-refractivity contribution in [3.05, 3.63) is 35.1 Å². The summed E-state index contributed by atoms with van der Waals surface area (Å²) in [4.78, 5) is 6.07. The van der Waals surface area contributed by atoms with Gasteiger partial charge in [0, 0.05) is 30.2 Å². The fraction of sp³-hybridized carbons (Fsp3) is 0.214. The topological polar surface area (TPSA) is 51.4 Å². The Hall–Kier alpha value is -2.01. The molecule has 20 heavy (non-hydrogen) atoms. The average molecular weight is 296 g/mol. The molecule has 6 heteroatoms. The molecule has 0 aliphatic rings. The number of nitrogens with zero attached hydrogens (tertiary/aromatic N) is 2. The average Bonchev–Trinajstić information content (AvgIpc) is 2.41. The van der Waals surface area contributed by atoms with Crippen molar-refractivity contribution in [2.75, 3.05) is 31.8 Å². The van der Waals surface area contributed by atoms with E-state index in [-0.39, 0.29) is 0 Å². The Bertz CT molecular complexity index is 647. The van der Waals surface area contributed by atoms with E-state index in [1.807, 2.05) is 14.1 Å². The number of ether oxygens (including phenoxy) is 1. The number of pyridine rings is 1. The molecule has 4 nitrogen and oxygen atoms in total. The lowest BCUT2D eigenvalue weighted by atomic mass is 10.1. The molecule has 0 saturated carbocycles. The van der Waals surface area contributed by atoms with Crippen LogP contribution in [0.15, 0.2) is 24.3 Å². The van der Waals surface area contributed by atoms with Gasteiger partial charge in [-0.15, -0.1) is 0 Å². The van der Waals surface area contributed by atoms with Gasteiger partial charge in [0.1, 0.15) is 5.82 Å². The number of anilines is 2. The zero-order chi connectivity index (χ0) is 14.9. The number of methoxy groups -OCH3 is 1. The number of nitrogen functional groups attached to an aromatic ring is 1. The molecule has 0 fully saturated rings. The summed E-state index contributed by atoms with van der Waals surface area (Å²) in [5.74, 6) is 0.448. The third kappa shape index (κ3) is 2.63. The van der Waals surface area contributed by atoms with E-state index in [4.69, 9.17) is 22.1 Å². The van der Waals surface area contributed by atoms with Crippen LogP contribution in [0.25, 0.3) is 11.1 Å². The highest BCUT2D eigenvalue weighted by Crippen LogP contribution is 2.36. The fourth-order valence-corrected chi connectivity index (χ4v) is 2.09. The molecule has 2 rings (SSSR count). The van der Waals surface area contributed by atoms with Crippen molar-refractivity contribution in [3.63, 3.8) is 0 Å². The van der Waals surface area contributed by atoms with Crippen molar-refractivity contribution in [2.45, 2.75) is 0 Å². The standard InChI is InChI=1S/C14H15ClFN3O/c1-19(2)13-12(17)7-10(14(18-13)20-3)9-6-8(15)4-5-11(9)16/h4-7H,17H2,1-3H3. The molecule has 106 valence electrons. The van der Waals surface area contributed by atoms with Crippen LogP contribution >= 0.6 is 11.6 Å². The molecule has 0 spiro atoms. The van der Waals surface area contributed by atoms with Crippen LogP contribution < -0.4 is 15.4 Å². The van der Waals surface area contributed by atoms with Gasteiger partial charge in [0.05, 0.1) is 12.8 Å². The first-order valence-electron chi connectivity index (χ1n) is 5.91. The predicted molar refractivity (Wildman–Crippen MR) is 79.9 cm³/mol. The summed E-state index contributed by atoms with van der Waals surface area (Å²) < 4.78 is 19.2. The molecule has 0 aliphatic carbocycles. The van der Waals surface area contributed by atoms with E-state index < -0.39 is 5.82 Å². The smallest absolute Gasteiger partial charge is 0.223 e. The zero-order valence-electron chi connectivity index (χ0n) is 11.4. The molecule has 0 bridgehead atoms. The number of hydrogen-bond acceptors (Lipinski definition) is 4. The highest BCUT2D eigenvalue weighted by atomic mass is 35.5. The number of benzene rings is 1. The van der Waals surface area contributed by atoms with Crippen LogP contribution in [-0.4, -0.2) is 26.2 Å². The molecule has 0 radical (unpaired) electrons. The van der Waals surface area contributed by atoms with Gasteiger partial charge < -0.3 is 15.4 Å². The third-order valence-electron chi connectivity index (χ3n) is 2.83. The molecule has 0 atom stereocenters. The van der Waals surface area contributed by atoms with Gasteiger partial charge in [-0.3, -0.25) is 0 Å². The maximum absolute atomic E-state index is 14.0. The SMILES string of the molecule is COc1nc(N(C)C)c(N)cc1-c1cc(Cl)ccc1F. The molecular formula is C14H15ClFN3O. The summed E-state index contributed by atoms with van der Waals surface area (Å²) in [7, 11) is 5.11. The number of aromatic nitrogens is 1. The van der Waals surface area contributed by atoms with Gasteiger partial charge in [-0.25, -0.2) is 4.39 Å². The van der Waals surface area contributed by atoms with Crippen LogP contribution in [0, 0.1) is 5.82 Å². The summed E-state index contributed by atoms with van der Waals surface area (Å²) in [5.41, 5.74) is 7.16. The first-order chi connectivity index (χ1) is 9.43. The Morgan fingerprint density at radius 1 is 1.25 bits per heavy atom. The van der Waals surface area contributed by atoms with Crippen molar-refractivity contribution in [1.82, 2.24) is 4.98 Å². The Labute approximate surface area is 121 Å². The Kier molecular flexibility index (Phi) is 3.99. The Morgan fingerprint density at radius 2 is 1.95 bits per heavy atom. The van der Waals surface area contributed by atoms with Crippen molar-refractivity contribution in [3.8, 4) is 17.0 Å². The van der Waals surface area contributed by atoms with Crippen molar-refractivity contribution in [1.29, 1.82) is 0 Å². The second-order valence-electron chi connectivity index (χ2n) is 4.48. The van der Waals surface area contributed by atoms with Crippen LogP contribution in [0.4, 0.5) is 15.9 Å². The molecule has 0 saturated heterocycles. The number of rotatable bonds is 3. The normalized spacial score (nSPS) is 10.4. The van der Waals surface area contributed by atoms with Crippen LogP contribution in [0.2, 0.25) is 5.02 Å². The van der Waals surface area contributed by atoms with E-state index in [1.54, 1.807) is 11.0 Å². The Morgan fingerprint density at radius 3 is 2.55 bits per heavy atom. The van der Waals surface area contributed by atoms with Crippen LogP contribution in [0.3, 0.4) is 0 Å². The summed E-state index contributed by atoms with van der Waals surface area (Å²) in [6.45, 7) is 0. The molecule has 1 heterocycles. The van der Waals surface area contributed by atoms with E-state index in [1.165, 1.54) is 25.3 Å². The highest BCUT2D eigenvalue weighted by molar-refractivity contribution is 6.30. The minimum Gasteiger partial charge on any atom is -0.480 e. The second-order valence-corrected chi connectivity index (χ2v) is 4.91. The maximum atomic E-state index is 14.0. The number of hydrogen-bond donors (Lipinski definition) is 1. The van der Waals surface area contributed by atoms with Gasteiger partial charge >= 0.3 is 0 Å². The molecule has 2 N–H and O–H groups in total. The minimum absolute atomic E-state index is 0.295. The summed E-state index contributed by atoms with van der Waals surface area (Å²) in [5, 5.41) is 0.429. The summed E-state index contributed by atoms with van der Waals surface area (Å²) in [6, 6.07) is 5.94. The number of halogens is 2. The van der Waals surface area contributed by atoms with Crippen molar-refractivity contribution < 1.29 is 9.13 Å². The lowest BCUT2D eigenvalue weighted by Crippen LogP contribution is -2.14. The van der Waals surface area contributed by atoms with Crippen molar-refractivity contribution >= 4 is 23.1 Å². The molecule has 1 aromatic heterocycles. The number of nitrogens with two attached hydrogens (primary N) is 1. The van der Waals surface area contributed by atoms with E-state index in [0.717, 1.165) is 0 Å². The van der Waals surface area contributed by atoms with Crippen molar-refractivity contribution in [2.24, 2.45) is 0 Å². The first-order valence-corrected chi connectivity index (χ1v) is 6.29. The van der Waals surface area contributed by atoms with Gasteiger partial charge in [-0.2, -0.15) is 4.98 Å². The summed E-state index contributed by atoms with van der Waals surface area (Å²) >= 11 is 5.92. The van der Waals surface area contributed by atoms with Gasteiger partial charge in [0.15, 0.2) is 5.82 Å². The second kappa shape index (κ2) is 5.54. The summed E-state index contributed by atoms with van der Waals surface area (Å²) in [6.07, 6.45) is 0. The van der Waals surface area contributed by atoms with Gasteiger partial charge in [0.2, 0.25) is 5.88 Å². The molecule has 0 amide bonds. The van der Waals surface area contributed by atoms with Crippen LogP contribution in [-0.2, 0) is 0 Å². The van der Waals surface area contributed by atoms with Crippen LogP contribution in [0.5, 0.6) is 5.88 Å². The third-order valence-corrected chi connectivity index (χ3v) is 3.07. The predicted octanol–water partition coefficient (Wildman–Crippen LogP) is 3.20. The van der Waals surface area contributed by atoms with Gasteiger partial charge in [0.25, 0.3) is 0 Å². The van der Waals surface area contributed by atoms with Gasteiger partial charge in [-0.1, -0.05) is 11.6 Å². The van der Waals surface area contributed by atoms with E-state index in [0.29, 0.717) is 33.5 Å². The molecule has 0 unspecified atom stereocenters. The Balaban J connectivity index is 2.67. The largest absolute Gasteiger partial charge is 0.480 e. The lowest BCUT2D eigenvalue weighted by Gasteiger charge is -2.17. The minimum atomic E-state index is -0.411. The monoisotopic (exact) mass is 295 g/mol. The van der Waals surface area contributed by atoms with E-state index in [9.17, 15) is 4.39 Å². The van der Waals surface area contributed by atoms with E-state index >= 15 is 0 Å². The lowest BCUT2D eigenvalue weighted by molar-refractivity contribution is 0.399. The first kappa shape index (κ1) is 14.4. The van der Waals surface area contributed by atoms with E-state index in [2.05, 4.69) is 4.98 Å². The fourth-order valence-electron chi connectivity index (χ4n) is 1.91. The molecular weight excluding hydrogens is 281 g/mol. The van der Waals surface area contributed by atoms with Crippen LogP contribution in [0.1, 0.15) is 0 Å². The van der Waals surface area contributed by atoms with Gasteiger partial charge in [-0.05, 0) is 24.3 Å². The maximum Gasteiger partial charge on any atom is 0.223 e. The highest BCUT2D eigenvalue weighted by Gasteiger charge is 2.16. The molecule has 2 aromatic rings. The molecule has 0 aliphatic heterocycles.